The minimum Gasteiger partial charge on any atom is -0.396 e. The molecular weight excluding hydrogens is 192 g/mol. The lowest BCUT2D eigenvalue weighted by Gasteiger charge is -2.22. The second kappa shape index (κ2) is 7.42. The Morgan fingerprint density at radius 2 is 1.54 bits per heavy atom. The Hall–Kier alpha value is 0.0169. The summed E-state index contributed by atoms with van der Waals surface area (Å²) in [5.41, 5.74) is 0. The van der Waals surface area contributed by atoms with E-state index in [9.17, 15) is 0 Å². The molecule has 0 unspecified atom stereocenters. The third kappa shape index (κ3) is 4.70. The summed E-state index contributed by atoms with van der Waals surface area (Å²) in [5, 5.41) is 8.53. The van der Waals surface area contributed by atoms with Crippen molar-refractivity contribution >= 4 is 9.05 Å². The number of aliphatic hydroxyl groups excluding tert-OH is 1. The fraction of sp³-hybridized carbons (Fsp3) is 1.00. The molecule has 0 aliphatic rings. The third-order valence-corrected chi connectivity index (χ3v) is 3.64. The van der Waals surface area contributed by atoms with Crippen molar-refractivity contribution in [1.82, 2.24) is 0 Å². The molecule has 0 atom stereocenters. The van der Waals surface area contributed by atoms with Crippen molar-refractivity contribution < 1.29 is 22.8 Å². The van der Waals surface area contributed by atoms with Gasteiger partial charge >= 0.3 is 9.05 Å². The molecule has 0 bridgehead atoms. The fourth-order valence-electron chi connectivity index (χ4n) is 0.838. The van der Waals surface area contributed by atoms with E-state index >= 15 is 0 Å². The van der Waals surface area contributed by atoms with E-state index in [4.69, 9.17) is 22.8 Å². The summed E-state index contributed by atoms with van der Waals surface area (Å²) in [6.07, 6.45) is 1.48. The molecule has 0 aromatic rings. The molecule has 0 radical (unpaired) electrons. The summed E-state index contributed by atoms with van der Waals surface area (Å²) < 4.78 is 20.4. The van der Waals surface area contributed by atoms with Gasteiger partial charge in [-0.3, -0.25) is 0 Å². The maximum Gasteiger partial charge on any atom is 0.678 e. The van der Waals surface area contributed by atoms with E-state index < -0.39 is 9.05 Å². The van der Waals surface area contributed by atoms with Gasteiger partial charge in [0.05, 0.1) is 0 Å². The van der Waals surface area contributed by atoms with Gasteiger partial charge in [0.1, 0.15) is 0 Å². The molecule has 1 N–H and O–H groups in total. The highest BCUT2D eigenvalue weighted by molar-refractivity contribution is 6.53. The Morgan fingerprint density at radius 3 is 1.92 bits per heavy atom. The number of rotatable bonds is 8. The van der Waals surface area contributed by atoms with Crippen LogP contribution < -0.4 is 0 Å². The quantitative estimate of drug-likeness (QED) is 0.456. The van der Waals surface area contributed by atoms with E-state index in [2.05, 4.69) is 0 Å². The molecule has 5 nitrogen and oxygen atoms in total. The van der Waals surface area contributed by atoms with Crippen molar-refractivity contribution in [3.8, 4) is 0 Å². The van der Waals surface area contributed by atoms with Crippen molar-refractivity contribution in [1.29, 1.82) is 0 Å². The molecule has 80 valence electrons. The van der Waals surface area contributed by atoms with Gasteiger partial charge in [0, 0.05) is 34.5 Å². The van der Waals surface area contributed by atoms with Gasteiger partial charge in [-0.1, -0.05) is 0 Å². The van der Waals surface area contributed by atoms with E-state index in [-0.39, 0.29) is 6.61 Å². The summed E-state index contributed by atoms with van der Waals surface area (Å²) in [4.78, 5) is 0. The molecule has 0 aromatic carbocycles. The average molecular weight is 210 g/mol. The van der Waals surface area contributed by atoms with Crippen LogP contribution in [0.15, 0.2) is 0 Å². The first kappa shape index (κ1) is 13.0. The summed E-state index contributed by atoms with van der Waals surface area (Å²) in [5.74, 6) is 0. The Morgan fingerprint density at radius 1 is 1.00 bits per heavy atom. The third-order valence-electron chi connectivity index (χ3n) is 1.58. The lowest BCUT2D eigenvalue weighted by molar-refractivity contribution is 0.00450. The summed E-state index contributed by atoms with van der Waals surface area (Å²) in [6.45, 7) is 0.646. The molecule has 0 spiro atoms. The number of aliphatic hydroxyl groups is 1. The molecule has 0 fully saturated rings. The zero-order chi connectivity index (χ0) is 10.2. The van der Waals surface area contributed by atoms with Crippen LogP contribution in [0.1, 0.15) is 12.8 Å². The van der Waals surface area contributed by atoms with E-state index in [1.165, 1.54) is 21.3 Å². The Labute approximate surface area is 80.1 Å². The van der Waals surface area contributed by atoms with Crippen molar-refractivity contribution in [2.45, 2.75) is 12.8 Å². The minimum atomic E-state index is -2.85. The fourth-order valence-corrected chi connectivity index (χ4v) is 2.09. The van der Waals surface area contributed by atoms with Gasteiger partial charge in [0.2, 0.25) is 0 Å². The normalized spacial score (nSPS) is 12.0. The van der Waals surface area contributed by atoms with Crippen molar-refractivity contribution in [2.24, 2.45) is 0 Å². The Kier molecular flexibility index (Phi) is 7.43. The predicted octanol–water partition coefficient (Wildman–Crippen LogP) is 0.150. The van der Waals surface area contributed by atoms with Crippen molar-refractivity contribution in [2.75, 3.05) is 34.5 Å². The largest absolute Gasteiger partial charge is 0.678 e. The van der Waals surface area contributed by atoms with E-state index in [1.807, 2.05) is 0 Å². The standard InChI is InChI=1S/C7H18O5Si/c1-9-13(10-2,11-3)12-7-5-4-6-8/h8H,4-7H2,1-3H3. The van der Waals surface area contributed by atoms with Gasteiger partial charge in [-0.15, -0.1) is 0 Å². The SMILES string of the molecule is CO[Si](OC)(OC)OCCCCO. The molecule has 0 aliphatic carbocycles. The molecule has 0 amide bonds. The van der Waals surface area contributed by atoms with Crippen LogP contribution in [-0.4, -0.2) is 48.7 Å². The van der Waals surface area contributed by atoms with Gasteiger partial charge in [0.15, 0.2) is 0 Å². The summed E-state index contributed by atoms with van der Waals surface area (Å²) >= 11 is 0. The zero-order valence-electron chi connectivity index (χ0n) is 8.41. The van der Waals surface area contributed by atoms with E-state index in [0.717, 1.165) is 6.42 Å². The van der Waals surface area contributed by atoms with Crippen LogP contribution in [0.3, 0.4) is 0 Å². The van der Waals surface area contributed by atoms with Crippen LogP contribution in [-0.2, 0) is 17.7 Å². The molecule has 6 heteroatoms. The van der Waals surface area contributed by atoms with E-state index in [0.29, 0.717) is 13.0 Å². The van der Waals surface area contributed by atoms with Crippen LogP contribution in [0.25, 0.3) is 0 Å². The second-order valence-corrected chi connectivity index (χ2v) is 4.90. The Bertz CT molecular complexity index is 109. The van der Waals surface area contributed by atoms with E-state index in [1.54, 1.807) is 0 Å². The monoisotopic (exact) mass is 210 g/mol. The lowest BCUT2D eigenvalue weighted by atomic mass is 10.3. The molecule has 0 saturated heterocycles. The first-order valence-corrected chi connectivity index (χ1v) is 5.78. The van der Waals surface area contributed by atoms with Gasteiger partial charge in [-0.2, -0.15) is 0 Å². The number of unbranched alkanes of at least 4 members (excludes halogenated alkanes) is 1. The van der Waals surface area contributed by atoms with Crippen molar-refractivity contribution in [3.05, 3.63) is 0 Å². The maximum atomic E-state index is 8.53. The highest BCUT2D eigenvalue weighted by atomic mass is 28.4. The van der Waals surface area contributed by atoms with Crippen LogP contribution in [0.5, 0.6) is 0 Å². The topological polar surface area (TPSA) is 57.2 Å². The first-order chi connectivity index (χ1) is 6.24. The lowest BCUT2D eigenvalue weighted by Crippen LogP contribution is -2.46. The molecule has 0 heterocycles. The van der Waals surface area contributed by atoms with Crippen LogP contribution in [0, 0.1) is 0 Å². The van der Waals surface area contributed by atoms with Crippen LogP contribution in [0.4, 0.5) is 0 Å². The predicted molar refractivity (Wildman–Crippen MR) is 49.1 cm³/mol. The number of hydrogen-bond donors (Lipinski definition) is 1. The highest BCUT2D eigenvalue weighted by Crippen LogP contribution is 2.08. The van der Waals surface area contributed by atoms with Crippen LogP contribution >= 0.6 is 0 Å². The summed E-state index contributed by atoms with van der Waals surface area (Å²) in [6, 6.07) is 0. The average Bonchev–Trinajstić information content (AvgIpc) is 2.20. The second-order valence-electron chi connectivity index (χ2n) is 2.39. The first-order valence-electron chi connectivity index (χ1n) is 4.15. The number of hydrogen-bond acceptors (Lipinski definition) is 5. The minimum absolute atomic E-state index is 0.171. The maximum absolute atomic E-state index is 8.53. The van der Waals surface area contributed by atoms with Gasteiger partial charge in [-0.25, -0.2) is 0 Å². The van der Waals surface area contributed by atoms with Gasteiger partial charge in [-0.05, 0) is 12.8 Å². The van der Waals surface area contributed by atoms with Crippen molar-refractivity contribution in [3.63, 3.8) is 0 Å². The molecule has 0 saturated carbocycles. The molecular formula is C7H18O5Si. The summed E-state index contributed by atoms with van der Waals surface area (Å²) in [7, 11) is 1.62. The highest BCUT2D eigenvalue weighted by Gasteiger charge is 2.41. The van der Waals surface area contributed by atoms with Gasteiger partial charge < -0.3 is 22.8 Å². The Balaban J connectivity index is 3.68. The molecule has 0 rings (SSSR count). The smallest absolute Gasteiger partial charge is 0.396 e. The van der Waals surface area contributed by atoms with Gasteiger partial charge in [0.25, 0.3) is 0 Å². The molecule has 0 aliphatic heterocycles. The zero-order valence-corrected chi connectivity index (χ0v) is 9.41. The van der Waals surface area contributed by atoms with Crippen LogP contribution in [0.2, 0.25) is 0 Å². The molecule has 0 aromatic heterocycles. The molecule has 13 heavy (non-hydrogen) atoms.